The summed E-state index contributed by atoms with van der Waals surface area (Å²) in [4.78, 5) is 0. The molecule has 6 heteroatoms. The van der Waals surface area contributed by atoms with E-state index in [1.807, 2.05) is 0 Å². The van der Waals surface area contributed by atoms with E-state index in [1.54, 1.807) is 0 Å². The Hall–Kier alpha value is -1.37. The summed E-state index contributed by atoms with van der Waals surface area (Å²) < 4.78 is 7.41. The highest BCUT2D eigenvalue weighted by atomic mass is 35.7. The van der Waals surface area contributed by atoms with Gasteiger partial charge in [0.25, 0.3) is 0 Å². The first kappa shape index (κ1) is 32.1. The third-order valence-electron chi connectivity index (χ3n) is 7.38. The second-order valence-corrected chi connectivity index (χ2v) is 17.4. The Labute approximate surface area is 245 Å². The van der Waals surface area contributed by atoms with Gasteiger partial charge < -0.3 is 0 Å². The Bertz CT molecular complexity index is 1170. The first-order valence-electron chi connectivity index (χ1n) is 14.6. The molecule has 1 atom stereocenters. The van der Waals surface area contributed by atoms with Crippen molar-refractivity contribution in [2.75, 3.05) is 0 Å². The summed E-state index contributed by atoms with van der Waals surface area (Å²) in [7, 11) is 0.190. The van der Waals surface area contributed by atoms with Crippen molar-refractivity contribution in [3.05, 3.63) is 76.2 Å². The van der Waals surface area contributed by atoms with Crippen LogP contribution in [0.2, 0.25) is 0 Å². The van der Waals surface area contributed by atoms with Crippen LogP contribution in [-0.4, -0.2) is 25.9 Å². The fourth-order valence-corrected chi connectivity index (χ4v) is 11.3. The van der Waals surface area contributed by atoms with Crippen LogP contribution in [-0.2, 0) is 0 Å². The van der Waals surface area contributed by atoms with Gasteiger partial charge in [0.15, 0.2) is 5.20 Å². The average Bonchev–Trinajstić information content (AvgIpc) is 3.24. The monoisotopic (exact) mass is 585 g/mol. The number of para-hydroxylation sites is 2. The number of aromatic nitrogens is 2. The molecule has 39 heavy (non-hydrogen) atoms. The number of halogens is 1. The molecule has 2 aromatic carbocycles. The van der Waals surface area contributed by atoms with Crippen molar-refractivity contribution >= 4 is 26.2 Å². The van der Waals surface area contributed by atoms with Crippen molar-refractivity contribution in [1.82, 2.24) is 13.8 Å². The number of nitrogens with zero attached hydrogens (tertiary/aromatic N) is 3. The standard InChI is InChI=1S/C33H50ClN3P2/c1-21(2)27-15-13-16-28(22(3)4)31(27)35-19-20-36(33(35)38-39(34)37(25(9)10)26(11)12)32-29(23(5)6)17-14-18-30(32)24(7)8/h13-26H,1-12H3. The Kier molecular flexibility index (Phi) is 11.2. The minimum Gasteiger partial charge on any atom is -0.297 e. The lowest BCUT2D eigenvalue weighted by molar-refractivity contribution is 0.331. The summed E-state index contributed by atoms with van der Waals surface area (Å²) in [5.74, 6) is 1.64. The molecule has 1 heterocycles. The Morgan fingerprint density at radius 1 is 0.590 bits per heavy atom. The zero-order valence-electron chi connectivity index (χ0n) is 26.2. The largest absolute Gasteiger partial charge is 0.297 e. The molecule has 3 nitrogen and oxygen atoms in total. The van der Waals surface area contributed by atoms with Crippen LogP contribution in [0.15, 0.2) is 48.8 Å². The summed E-state index contributed by atoms with van der Waals surface area (Å²) >= 11 is 7.41. The predicted octanol–water partition coefficient (Wildman–Crippen LogP) is 11.8. The van der Waals surface area contributed by atoms with Crippen molar-refractivity contribution < 1.29 is 0 Å². The summed E-state index contributed by atoms with van der Waals surface area (Å²) in [6.45, 7) is 27.5. The van der Waals surface area contributed by atoms with E-state index in [0.717, 1.165) is 7.89 Å². The molecule has 0 aliphatic rings. The highest BCUT2D eigenvalue weighted by molar-refractivity contribution is 8.29. The molecule has 0 saturated heterocycles. The third-order valence-corrected chi connectivity index (χ3v) is 12.3. The number of imidazole rings is 1. The molecule has 0 saturated carbocycles. The van der Waals surface area contributed by atoms with Crippen LogP contribution in [0.4, 0.5) is 0 Å². The number of benzene rings is 2. The topological polar surface area (TPSA) is 13.1 Å². The van der Waals surface area contributed by atoms with Gasteiger partial charge in [-0.15, -0.1) is 0 Å². The Morgan fingerprint density at radius 3 is 1.15 bits per heavy atom. The molecular formula is C33H50ClN3P2. The van der Waals surface area contributed by atoms with Crippen molar-refractivity contribution in [3.63, 3.8) is 0 Å². The van der Waals surface area contributed by atoms with E-state index in [2.05, 4.69) is 146 Å². The summed E-state index contributed by atoms with van der Waals surface area (Å²) in [6, 6.07) is 14.4. The fourth-order valence-electron chi connectivity index (χ4n) is 5.51. The van der Waals surface area contributed by atoms with Crippen molar-refractivity contribution in [3.8, 4) is 11.4 Å². The maximum atomic E-state index is 7.41. The lowest BCUT2D eigenvalue weighted by Gasteiger charge is -2.32. The van der Waals surface area contributed by atoms with Crippen molar-refractivity contribution in [1.29, 1.82) is 0 Å². The predicted molar refractivity (Wildman–Crippen MR) is 176 cm³/mol. The maximum Gasteiger partial charge on any atom is 0.152 e. The van der Waals surface area contributed by atoms with Crippen LogP contribution in [0, 0.1) is 5.20 Å². The van der Waals surface area contributed by atoms with Crippen LogP contribution in [0.1, 0.15) is 129 Å². The van der Waals surface area contributed by atoms with Gasteiger partial charge in [0.2, 0.25) is 0 Å². The van der Waals surface area contributed by atoms with E-state index >= 15 is 0 Å². The van der Waals surface area contributed by atoms with Gasteiger partial charge in [0.1, 0.15) is 7.11 Å². The lowest BCUT2D eigenvalue weighted by atomic mass is 9.92. The fraction of sp³-hybridized carbons (Fsp3) is 0.545. The minimum absolute atomic E-state index is 0.376. The SMILES string of the molecule is CC(C)c1cccc(C(C)C)c1-n1ccn(-c2c(C(C)C)cccc2C(C)C)c1=PP(Cl)N(C(C)C)C(C)C. The van der Waals surface area contributed by atoms with Crippen LogP contribution < -0.4 is 0 Å². The van der Waals surface area contributed by atoms with Gasteiger partial charge in [0, 0.05) is 32.4 Å². The van der Waals surface area contributed by atoms with Gasteiger partial charge in [-0.05, 0) is 73.6 Å². The van der Waals surface area contributed by atoms with Gasteiger partial charge in [-0.3, -0.25) is 13.8 Å². The average molecular weight is 586 g/mol. The Balaban J connectivity index is 2.53. The molecule has 0 spiro atoms. The Morgan fingerprint density at radius 2 is 0.897 bits per heavy atom. The molecule has 1 aromatic heterocycles. The molecule has 0 amide bonds. The van der Waals surface area contributed by atoms with Crippen LogP contribution in [0.3, 0.4) is 0 Å². The van der Waals surface area contributed by atoms with Crippen molar-refractivity contribution in [2.45, 2.75) is 119 Å². The minimum atomic E-state index is -0.950. The zero-order valence-corrected chi connectivity index (χ0v) is 28.7. The van der Waals surface area contributed by atoms with Gasteiger partial charge in [-0.25, -0.2) is 0 Å². The van der Waals surface area contributed by atoms with Crippen LogP contribution >= 0.6 is 26.2 Å². The van der Waals surface area contributed by atoms with Gasteiger partial charge in [-0.2, -0.15) is 0 Å². The number of hydrogen-bond donors (Lipinski definition) is 0. The lowest BCUT2D eigenvalue weighted by Crippen LogP contribution is -2.30. The van der Waals surface area contributed by atoms with E-state index in [1.165, 1.54) is 38.8 Å². The molecule has 0 aliphatic heterocycles. The first-order chi connectivity index (χ1) is 18.3. The van der Waals surface area contributed by atoms with Gasteiger partial charge in [0.05, 0.1) is 11.4 Å². The zero-order chi connectivity index (χ0) is 29.2. The van der Waals surface area contributed by atoms with Crippen molar-refractivity contribution in [2.24, 2.45) is 0 Å². The molecular weight excluding hydrogens is 536 g/mol. The summed E-state index contributed by atoms with van der Waals surface area (Å²) in [5, 5.41) is 1.23. The second-order valence-electron chi connectivity index (χ2n) is 12.4. The van der Waals surface area contributed by atoms with E-state index in [-0.39, 0.29) is 0 Å². The molecule has 214 valence electrons. The van der Waals surface area contributed by atoms with Gasteiger partial charge in [-0.1, -0.05) is 103 Å². The van der Waals surface area contributed by atoms with E-state index in [9.17, 15) is 0 Å². The first-order valence-corrected chi connectivity index (χ1v) is 18.4. The molecule has 0 bridgehead atoms. The molecule has 0 aliphatic carbocycles. The number of hydrogen-bond acceptors (Lipinski definition) is 1. The molecule has 0 fully saturated rings. The molecule has 3 aromatic rings. The van der Waals surface area contributed by atoms with Gasteiger partial charge >= 0.3 is 0 Å². The summed E-state index contributed by atoms with van der Waals surface area (Å²) in [6.07, 6.45) is 4.57. The quantitative estimate of drug-likeness (QED) is 0.216. The highest BCUT2D eigenvalue weighted by Crippen LogP contribution is 2.61. The molecule has 0 N–H and O–H groups in total. The van der Waals surface area contributed by atoms with E-state index in [4.69, 9.17) is 11.2 Å². The van der Waals surface area contributed by atoms with Crippen LogP contribution in [0.25, 0.3) is 11.4 Å². The molecule has 1 unspecified atom stereocenters. The van der Waals surface area contributed by atoms with E-state index < -0.39 is 7.11 Å². The normalized spacial score (nSPS) is 13.4. The highest BCUT2D eigenvalue weighted by Gasteiger charge is 2.25. The second kappa shape index (κ2) is 13.5. The molecule has 3 rings (SSSR count). The van der Waals surface area contributed by atoms with E-state index in [0.29, 0.717) is 35.8 Å². The smallest absolute Gasteiger partial charge is 0.152 e. The third kappa shape index (κ3) is 6.93. The maximum absolute atomic E-state index is 7.41. The number of rotatable bonds is 10. The van der Waals surface area contributed by atoms with Crippen LogP contribution in [0.5, 0.6) is 0 Å². The molecule has 0 radical (unpaired) electrons. The summed E-state index contributed by atoms with van der Waals surface area (Å²) in [5.41, 5.74) is 8.15.